The monoisotopic (exact) mass is 529 g/mol. The van der Waals surface area contributed by atoms with Crippen LogP contribution < -0.4 is 25.8 Å². The lowest BCUT2D eigenvalue weighted by Gasteiger charge is -2.23. The van der Waals surface area contributed by atoms with Crippen molar-refractivity contribution in [2.45, 2.75) is 65.0 Å². The van der Waals surface area contributed by atoms with Gasteiger partial charge in [0, 0.05) is 19.1 Å². The van der Waals surface area contributed by atoms with E-state index in [1.807, 2.05) is 6.07 Å². The van der Waals surface area contributed by atoms with Gasteiger partial charge in [-0.15, -0.1) is 0 Å². The average molecular weight is 530 g/mol. The molecule has 0 spiro atoms. The number of nitrogen functional groups attached to an aromatic ring is 1. The van der Waals surface area contributed by atoms with E-state index in [0.717, 1.165) is 49.2 Å². The van der Waals surface area contributed by atoms with Crippen LogP contribution in [-0.4, -0.2) is 52.9 Å². The summed E-state index contributed by atoms with van der Waals surface area (Å²) in [6.07, 6.45) is 6.02. The number of carbonyl (C=O) groups is 3. The summed E-state index contributed by atoms with van der Waals surface area (Å²) < 4.78 is 15.0. The number of anilines is 1. The first-order chi connectivity index (χ1) is 17.8. The van der Waals surface area contributed by atoms with Crippen LogP contribution in [0.3, 0.4) is 0 Å². The molecule has 2 aromatic rings. The molecule has 1 aliphatic carbocycles. The molecule has 1 aliphatic heterocycles. The zero-order valence-corrected chi connectivity index (χ0v) is 22.2. The van der Waals surface area contributed by atoms with Crippen molar-refractivity contribution in [1.29, 1.82) is 0 Å². The van der Waals surface area contributed by atoms with Crippen molar-refractivity contribution in [1.82, 2.24) is 19.9 Å². The fourth-order valence-corrected chi connectivity index (χ4v) is 5.21. The Bertz CT molecular complexity index is 1130. The molecule has 1 saturated carbocycles. The third-order valence-corrected chi connectivity index (χ3v) is 7.40. The topological polar surface area (TPSA) is 136 Å². The number of fused-ring (bicyclic) bond motifs is 1. The molecule has 0 radical (unpaired) electrons. The van der Waals surface area contributed by atoms with Crippen molar-refractivity contribution >= 4 is 34.9 Å². The molecule has 0 saturated heterocycles. The number of nitrogens with zero attached hydrogens (tertiary/aromatic N) is 2. The summed E-state index contributed by atoms with van der Waals surface area (Å²) in [6, 6.07) is 5.48. The fraction of sp³-hybridized carbons (Fsp3) is 0.538. The third-order valence-electron chi connectivity index (χ3n) is 6.55. The molecule has 11 heteroatoms. The second kappa shape index (κ2) is 12.3. The number of nitrogens with two attached hydrogens (primary N) is 1. The van der Waals surface area contributed by atoms with Crippen LogP contribution in [0.5, 0.6) is 11.5 Å². The standard InChI is InChI=1S/C26H35N5O5S/c1-16(2)10-11-28-21(32)14-31(13-17-8-9-19-20(12-17)36-15-35-19)26(34)24-22(27)23(30-37-24)25(33)29-18-6-4-3-5-7-18/h8-9,12,16,18H,3-7,10-11,13-15,27H2,1-2H3,(H,28,32)(H,29,33). The molecular weight excluding hydrogens is 494 g/mol. The van der Waals surface area contributed by atoms with E-state index in [1.165, 1.54) is 11.3 Å². The first-order valence-electron chi connectivity index (χ1n) is 12.8. The number of rotatable bonds is 10. The summed E-state index contributed by atoms with van der Waals surface area (Å²) in [5, 5.41) is 5.87. The van der Waals surface area contributed by atoms with Crippen LogP contribution >= 0.6 is 11.5 Å². The van der Waals surface area contributed by atoms with Crippen LogP contribution in [0, 0.1) is 5.92 Å². The maximum atomic E-state index is 13.6. The number of hydrogen-bond donors (Lipinski definition) is 3. The van der Waals surface area contributed by atoms with E-state index < -0.39 is 5.91 Å². The minimum absolute atomic E-state index is 0.0409. The van der Waals surface area contributed by atoms with Crippen LogP contribution in [-0.2, 0) is 11.3 Å². The summed E-state index contributed by atoms with van der Waals surface area (Å²) in [7, 11) is 0. The average Bonchev–Trinajstić information content (AvgIpc) is 3.49. The van der Waals surface area contributed by atoms with E-state index >= 15 is 0 Å². The molecule has 1 aromatic heterocycles. The van der Waals surface area contributed by atoms with E-state index in [9.17, 15) is 14.4 Å². The van der Waals surface area contributed by atoms with Gasteiger partial charge in [-0.3, -0.25) is 14.4 Å². The molecule has 2 aliphatic rings. The lowest BCUT2D eigenvalue weighted by atomic mass is 9.95. The predicted molar refractivity (Wildman–Crippen MR) is 141 cm³/mol. The zero-order chi connectivity index (χ0) is 26.4. The van der Waals surface area contributed by atoms with Gasteiger partial charge in [-0.05, 0) is 54.4 Å². The van der Waals surface area contributed by atoms with Crippen molar-refractivity contribution in [2.75, 3.05) is 25.6 Å². The molecule has 4 N–H and O–H groups in total. The number of aromatic nitrogens is 1. The van der Waals surface area contributed by atoms with Crippen LogP contribution in [0.15, 0.2) is 18.2 Å². The highest BCUT2D eigenvalue weighted by Crippen LogP contribution is 2.33. The van der Waals surface area contributed by atoms with Gasteiger partial charge in [0.1, 0.15) is 11.4 Å². The van der Waals surface area contributed by atoms with Gasteiger partial charge in [0.15, 0.2) is 17.2 Å². The smallest absolute Gasteiger partial charge is 0.273 e. The molecular formula is C26H35N5O5S. The molecule has 0 bridgehead atoms. The number of amides is 3. The zero-order valence-electron chi connectivity index (χ0n) is 21.4. The Morgan fingerprint density at radius 1 is 1.16 bits per heavy atom. The second-order valence-corrected chi connectivity index (χ2v) is 10.7. The van der Waals surface area contributed by atoms with Crippen molar-refractivity contribution in [3.8, 4) is 11.5 Å². The Kier molecular flexibility index (Phi) is 8.86. The largest absolute Gasteiger partial charge is 0.454 e. The highest BCUT2D eigenvalue weighted by Gasteiger charge is 2.28. The van der Waals surface area contributed by atoms with Gasteiger partial charge in [-0.1, -0.05) is 39.2 Å². The molecule has 1 aromatic carbocycles. The highest BCUT2D eigenvalue weighted by atomic mass is 32.1. The van der Waals surface area contributed by atoms with Gasteiger partial charge in [0.05, 0.1) is 5.69 Å². The lowest BCUT2D eigenvalue weighted by molar-refractivity contribution is -0.121. The predicted octanol–water partition coefficient (Wildman–Crippen LogP) is 3.32. The number of hydrogen-bond acceptors (Lipinski definition) is 8. The minimum atomic E-state index is -0.455. The molecule has 3 amide bonds. The fourth-order valence-electron chi connectivity index (χ4n) is 4.45. The molecule has 4 rings (SSSR count). The second-order valence-electron chi connectivity index (χ2n) is 9.96. The summed E-state index contributed by atoms with van der Waals surface area (Å²) in [5.74, 6) is 0.574. The number of benzene rings is 1. The highest BCUT2D eigenvalue weighted by molar-refractivity contribution is 7.09. The maximum absolute atomic E-state index is 13.6. The van der Waals surface area contributed by atoms with E-state index in [1.54, 1.807) is 12.1 Å². The lowest BCUT2D eigenvalue weighted by Crippen LogP contribution is -2.40. The normalized spacial score (nSPS) is 15.0. The number of ether oxygens (including phenoxy) is 2. The SMILES string of the molecule is CC(C)CCNC(=O)CN(Cc1ccc2c(c1)OCO2)C(=O)c1snc(C(=O)NC2CCCCC2)c1N. The number of carbonyl (C=O) groups excluding carboxylic acids is 3. The molecule has 200 valence electrons. The summed E-state index contributed by atoms with van der Waals surface area (Å²) in [6.45, 7) is 4.81. The van der Waals surface area contributed by atoms with Crippen molar-refractivity contribution in [3.63, 3.8) is 0 Å². The van der Waals surface area contributed by atoms with Crippen LogP contribution in [0.25, 0.3) is 0 Å². The first-order valence-corrected chi connectivity index (χ1v) is 13.6. The van der Waals surface area contributed by atoms with Gasteiger partial charge >= 0.3 is 0 Å². The van der Waals surface area contributed by atoms with E-state index in [-0.39, 0.29) is 54.0 Å². The Hall–Kier alpha value is -3.34. The maximum Gasteiger partial charge on any atom is 0.273 e. The summed E-state index contributed by atoms with van der Waals surface area (Å²) in [4.78, 5) is 40.7. The van der Waals surface area contributed by atoms with Crippen molar-refractivity contribution in [3.05, 3.63) is 34.3 Å². The van der Waals surface area contributed by atoms with E-state index in [0.29, 0.717) is 24.0 Å². The van der Waals surface area contributed by atoms with Crippen LogP contribution in [0.4, 0.5) is 5.69 Å². The van der Waals surface area contributed by atoms with Gasteiger partial charge in [0.2, 0.25) is 12.7 Å². The van der Waals surface area contributed by atoms with E-state index in [4.69, 9.17) is 15.2 Å². The summed E-state index contributed by atoms with van der Waals surface area (Å²) in [5.41, 5.74) is 7.13. The van der Waals surface area contributed by atoms with Gasteiger partial charge in [-0.25, -0.2) is 0 Å². The molecule has 0 unspecified atom stereocenters. The van der Waals surface area contributed by atoms with E-state index in [2.05, 4.69) is 28.9 Å². The van der Waals surface area contributed by atoms with Gasteiger partial charge in [-0.2, -0.15) is 4.37 Å². The minimum Gasteiger partial charge on any atom is -0.454 e. The quantitative estimate of drug-likeness (QED) is 0.430. The molecule has 10 nitrogen and oxygen atoms in total. The Balaban J connectivity index is 1.50. The molecule has 2 heterocycles. The van der Waals surface area contributed by atoms with Crippen LogP contribution in [0.1, 0.15) is 78.1 Å². The molecule has 37 heavy (non-hydrogen) atoms. The van der Waals surface area contributed by atoms with Gasteiger partial charge < -0.3 is 30.7 Å². The summed E-state index contributed by atoms with van der Waals surface area (Å²) >= 11 is 0.879. The Morgan fingerprint density at radius 3 is 2.68 bits per heavy atom. The van der Waals surface area contributed by atoms with Gasteiger partial charge in [0.25, 0.3) is 11.8 Å². The molecule has 0 atom stereocenters. The number of nitrogens with one attached hydrogen (secondary N) is 2. The van der Waals surface area contributed by atoms with Crippen molar-refractivity contribution in [2.24, 2.45) is 5.92 Å². The first kappa shape index (κ1) is 26.7. The molecule has 1 fully saturated rings. The van der Waals surface area contributed by atoms with Crippen LogP contribution in [0.2, 0.25) is 0 Å². The van der Waals surface area contributed by atoms with Crippen molar-refractivity contribution < 1.29 is 23.9 Å². The Morgan fingerprint density at radius 2 is 1.92 bits per heavy atom. The Labute approximate surface area is 221 Å². The third kappa shape index (κ3) is 6.91.